The van der Waals surface area contributed by atoms with Gasteiger partial charge in [-0.1, -0.05) is 20.8 Å². The summed E-state index contributed by atoms with van der Waals surface area (Å²) in [7, 11) is 0. The molecule has 1 saturated carbocycles. The number of esters is 1. The Hall–Kier alpha value is -5.18. The van der Waals surface area contributed by atoms with E-state index in [2.05, 4.69) is 14.8 Å². The third-order valence-corrected chi connectivity index (χ3v) is 15.4. The number of amides is 1. The van der Waals surface area contributed by atoms with Gasteiger partial charge in [0, 0.05) is 67.7 Å². The van der Waals surface area contributed by atoms with Gasteiger partial charge in [0.25, 0.3) is 0 Å². The van der Waals surface area contributed by atoms with Crippen molar-refractivity contribution in [3.63, 3.8) is 0 Å². The first-order valence-electron chi connectivity index (χ1n) is 28.9. The first-order valence-corrected chi connectivity index (χ1v) is 28.9. The van der Waals surface area contributed by atoms with Gasteiger partial charge >= 0.3 is 102 Å². The molecule has 0 bridgehead atoms. The highest BCUT2D eigenvalue weighted by Gasteiger charge is 2.85. The molecule has 0 radical (unpaired) electrons. The minimum absolute atomic E-state index is 0.177. The van der Waals surface area contributed by atoms with Crippen LogP contribution in [0.25, 0.3) is 6.08 Å². The van der Waals surface area contributed by atoms with E-state index in [0.29, 0.717) is 39.2 Å². The van der Waals surface area contributed by atoms with Crippen molar-refractivity contribution >= 4 is 18.0 Å². The van der Waals surface area contributed by atoms with Gasteiger partial charge < -0.3 is 38.5 Å². The Morgan fingerprint density at radius 2 is 0.723 bits per heavy atom. The van der Waals surface area contributed by atoms with Crippen LogP contribution < -0.4 is 14.8 Å². The molecule has 1 aliphatic carbocycles. The lowest BCUT2D eigenvalue weighted by Crippen LogP contribution is -2.61. The highest BCUT2D eigenvalue weighted by atomic mass is 19.5. The zero-order valence-corrected chi connectivity index (χ0v) is 52.3. The van der Waals surface area contributed by atoms with Crippen LogP contribution in [0.4, 0.5) is 158 Å². The molecule has 0 saturated heterocycles. The number of carbonyl (C=O) groups excluding carboxylic acids is 2. The molecule has 1 amide bonds. The minimum Gasteiger partial charge on any atom is -0.493 e. The summed E-state index contributed by atoms with van der Waals surface area (Å²) < 4.78 is 524. The molecule has 1 N–H and O–H groups in total. The lowest BCUT2D eigenvalue weighted by atomic mass is 9.87. The number of rotatable bonds is 40. The molecule has 10 nitrogen and oxygen atoms in total. The van der Waals surface area contributed by atoms with Crippen molar-refractivity contribution in [1.82, 2.24) is 5.32 Å². The Morgan fingerprint density at radius 1 is 0.416 bits per heavy atom. The Morgan fingerprint density at radius 3 is 1.02 bits per heavy atom. The summed E-state index contributed by atoms with van der Waals surface area (Å²) in [6, 6.07) is 2.29. The summed E-state index contributed by atoms with van der Waals surface area (Å²) in [4.78, 5) is 25.7. The fourth-order valence-corrected chi connectivity index (χ4v) is 8.46. The first-order chi connectivity index (χ1) is 44.9. The first kappa shape index (κ1) is 91.9. The van der Waals surface area contributed by atoms with Gasteiger partial charge in [-0.2, -0.15) is 158 Å². The largest absolute Gasteiger partial charge is 0.493 e. The van der Waals surface area contributed by atoms with E-state index in [4.69, 9.17) is 23.7 Å². The van der Waals surface area contributed by atoms with Gasteiger partial charge in [-0.25, -0.2) is 4.79 Å². The molecular weight excluding hydrogens is 1500 g/mol. The maximum atomic E-state index is 14.5. The van der Waals surface area contributed by atoms with Crippen LogP contribution in [0.1, 0.15) is 124 Å². The SMILES string of the molecule is CCC(C)(C)C(=O)N[C@H]1CC[C@H](OC(=O)/C=C/c2ccc(OCCCC(C)(OCCC(F)(F)C(F)(F)C(F)(F)C(F)(F)F)OCCC(F)(F)C(F)(F)C(F)(F)C(F)(F)F)cc2OCCCC(C)(OCCC(F)(F)C(F)(F)C(F)(F)C(F)(F)F)OCCC(F)(F)C(F)(F)C(F)(F)C(F)(F)F)CC1. The van der Waals surface area contributed by atoms with Gasteiger partial charge in [0.05, 0.1) is 39.6 Å². The van der Waals surface area contributed by atoms with Crippen LogP contribution in [0.5, 0.6) is 11.5 Å². The van der Waals surface area contributed by atoms with Crippen LogP contribution >= 0.6 is 0 Å². The number of carbonyl (C=O) groups is 2. The molecule has 0 unspecified atom stereocenters. The predicted octanol–water partition coefficient (Wildman–Crippen LogP) is 19.4. The van der Waals surface area contributed by atoms with Crippen molar-refractivity contribution in [2.75, 3.05) is 39.6 Å². The number of nitrogens with one attached hydrogen (secondary N) is 1. The van der Waals surface area contributed by atoms with Gasteiger partial charge in [-0.3, -0.25) is 4.79 Å². The average molecular weight is 1560 g/mol. The van der Waals surface area contributed by atoms with Crippen molar-refractivity contribution in [2.45, 2.75) is 238 Å². The molecule has 0 aromatic heterocycles. The number of halogens is 36. The molecule has 592 valence electrons. The molecule has 2 rings (SSSR count). The summed E-state index contributed by atoms with van der Waals surface area (Å²) in [5.74, 6) is -93.9. The maximum Gasteiger partial charge on any atom is 0.460 e. The third-order valence-electron chi connectivity index (χ3n) is 15.4. The van der Waals surface area contributed by atoms with Crippen LogP contribution in [0.15, 0.2) is 24.3 Å². The molecular formula is C55H61F36NO9. The molecule has 1 aliphatic rings. The normalized spacial score (nSPS) is 17.4. The molecule has 1 aromatic rings. The van der Waals surface area contributed by atoms with E-state index < -0.39 is 227 Å². The predicted molar refractivity (Wildman–Crippen MR) is 272 cm³/mol. The standard InChI is InChI=1S/C55H61F36NO9/c1-6-37(2,3)36(94)92-31-11-14-32(15-12-31)101-35(93)16-10-30-9-13-33(95-23-7-17-38(4,97-25-19-40(56,57)44(64,65)48(72,73)52(80,81)82)98-26-20-41(58,59)45(66,67)49(74,75)53(83,84)85)29-34(30)96-24-8-18-39(5,99-27-21-42(60,61)46(68,69)50(76,77)54(86,87)88)100-28-22-43(62,63)47(70,71)51(78,79)55(89,90)91/h9-10,13,16,29,31-32H,6-8,11-12,14-15,17-28H2,1-5H3,(H,92,94)/b16-10+/t31-,32-. The summed E-state index contributed by atoms with van der Waals surface area (Å²) in [5.41, 5.74) is -1.05. The molecule has 0 heterocycles. The monoisotopic (exact) mass is 1560 g/mol. The Balaban J connectivity index is 2.62. The summed E-state index contributed by atoms with van der Waals surface area (Å²) in [6.07, 6.45) is -43.0. The molecule has 1 fully saturated rings. The van der Waals surface area contributed by atoms with Gasteiger partial charge in [0.2, 0.25) is 5.91 Å². The maximum absolute atomic E-state index is 14.5. The lowest BCUT2D eigenvalue weighted by molar-refractivity contribution is -0.399. The fraction of sp³-hybridized carbons (Fsp3) is 0.818. The van der Waals surface area contributed by atoms with Crippen molar-refractivity contribution < 1.29 is 201 Å². The average Bonchev–Trinajstić information content (AvgIpc) is 0.765. The second kappa shape index (κ2) is 31.9. The van der Waals surface area contributed by atoms with Crippen LogP contribution in [-0.4, -0.2) is 171 Å². The molecule has 0 atom stereocenters. The van der Waals surface area contributed by atoms with Gasteiger partial charge in [0.15, 0.2) is 11.6 Å². The van der Waals surface area contributed by atoms with E-state index in [1.807, 2.05) is 0 Å². The summed E-state index contributed by atoms with van der Waals surface area (Å²) in [5, 5.41) is 2.86. The van der Waals surface area contributed by atoms with Crippen LogP contribution in [0.2, 0.25) is 0 Å². The Labute approximate surface area is 547 Å². The van der Waals surface area contributed by atoms with Crippen LogP contribution in [0, 0.1) is 5.41 Å². The van der Waals surface area contributed by atoms with E-state index in [0.717, 1.165) is 24.3 Å². The number of ether oxygens (including phenoxy) is 7. The third kappa shape index (κ3) is 21.3. The Bertz CT molecular complexity index is 2750. The highest BCUT2D eigenvalue weighted by Crippen LogP contribution is 2.58. The molecule has 1 aromatic carbocycles. The summed E-state index contributed by atoms with van der Waals surface area (Å²) >= 11 is 0. The highest BCUT2D eigenvalue weighted by molar-refractivity contribution is 5.88. The summed E-state index contributed by atoms with van der Waals surface area (Å²) in [6.45, 7) is -4.97. The zero-order valence-electron chi connectivity index (χ0n) is 52.3. The topological polar surface area (TPSA) is 111 Å². The number of hydrogen-bond donors (Lipinski definition) is 1. The van der Waals surface area contributed by atoms with E-state index in [1.54, 1.807) is 20.8 Å². The second-order valence-electron chi connectivity index (χ2n) is 23.6. The molecule has 0 spiro atoms. The number of benzene rings is 1. The van der Waals surface area contributed by atoms with Crippen molar-refractivity contribution in [3.05, 3.63) is 29.8 Å². The van der Waals surface area contributed by atoms with E-state index in [-0.39, 0.29) is 30.4 Å². The van der Waals surface area contributed by atoms with Gasteiger partial charge in [-0.15, -0.1) is 0 Å². The minimum atomic E-state index is -7.51. The zero-order chi connectivity index (χ0) is 79.2. The fourth-order valence-electron chi connectivity index (χ4n) is 8.46. The quantitative estimate of drug-likeness (QED) is 0.0226. The van der Waals surface area contributed by atoms with E-state index >= 15 is 0 Å². The lowest BCUT2D eigenvalue weighted by Gasteiger charge is -2.36. The van der Waals surface area contributed by atoms with Crippen LogP contribution in [0.3, 0.4) is 0 Å². The van der Waals surface area contributed by atoms with Crippen molar-refractivity contribution in [2.24, 2.45) is 5.41 Å². The number of alkyl halides is 36. The Kier molecular flexibility index (Phi) is 29.0. The van der Waals surface area contributed by atoms with Crippen LogP contribution in [-0.2, 0) is 33.3 Å². The van der Waals surface area contributed by atoms with Gasteiger partial charge in [0.1, 0.15) is 17.6 Å². The van der Waals surface area contributed by atoms with Crippen molar-refractivity contribution in [1.29, 1.82) is 0 Å². The smallest absolute Gasteiger partial charge is 0.460 e. The second-order valence-corrected chi connectivity index (χ2v) is 23.6. The number of hydrogen-bond acceptors (Lipinski definition) is 9. The van der Waals surface area contributed by atoms with E-state index in [9.17, 15) is 168 Å². The van der Waals surface area contributed by atoms with Gasteiger partial charge in [-0.05, 0) is 77.0 Å². The molecule has 46 heteroatoms. The molecule has 0 aliphatic heterocycles. The van der Waals surface area contributed by atoms with Crippen molar-refractivity contribution in [3.8, 4) is 11.5 Å². The van der Waals surface area contributed by atoms with E-state index in [1.165, 1.54) is 0 Å². The molecule has 101 heavy (non-hydrogen) atoms.